The molecule has 2 heterocycles. The Bertz CT molecular complexity index is 737. The first kappa shape index (κ1) is 13.0. The minimum atomic E-state index is -3.64. The minimum absolute atomic E-state index is 0.0290. The molecule has 0 fully saturated rings. The third kappa shape index (κ3) is 2.36. The average Bonchev–Trinajstić information content (AvgIpc) is 2.86. The number of fused-ring (bicyclic) bond motifs is 1. The summed E-state index contributed by atoms with van der Waals surface area (Å²) >= 11 is 0. The first-order valence-electron chi connectivity index (χ1n) is 6.43. The maximum atomic E-state index is 12.3. The van der Waals surface area contributed by atoms with E-state index in [-0.39, 0.29) is 5.03 Å². The first-order chi connectivity index (χ1) is 9.56. The van der Waals surface area contributed by atoms with Crippen LogP contribution in [-0.2, 0) is 23.5 Å². The van der Waals surface area contributed by atoms with Gasteiger partial charge in [0, 0.05) is 25.5 Å². The molecule has 0 saturated carbocycles. The van der Waals surface area contributed by atoms with E-state index in [9.17, 15) is 8.42 Å². The van der Waals surface area contributed by atoms with Crippen LogP contribution >= 0.6 is 0 Å². The van der Waals surface area contributed by atoms with E-state index in [2.05, 4.69) is 15.0 Å². The molecule has 106 valence electrons. The highest BCUT2D eigenvalue weighted by molar-refractivity contribution is 7.92. The van der Waals surface area contributed by atoms with Gasteiger partial charge in [-0.25, -0.2) is 4.98 Å². The summed E-state index contributed by atoms with van der Waals surface area (Å²) in [7, 11) is -1.90. The number of nitrogens with zero attached hydrogens (tertiary/aromatic N) is 2. The highest BCUT2D eigenvalue weighted by Crippen LogP contribution is 2.30. The fourth-order valence-electron chi connectivity index (χ4n) is 2.33. The Morgan fingerprint density at radius 1 is 1.40 bits per heavy atom. The van der Waals surface area contributed by atoms with Gasteiger partial charge < -0.3 is 9.88 Å². The third-order valence-corrected chi connectivity index (χ3v) is 4.55. The molecule has 6 nitrogen and oxygen atoms in total. The van der Waals surface area contributed by atoms with E-state index in [1.165, 1.54) is 12.5 Å². The molecule has 0 saturated heterocycles. The Morgan fingerprint density at radius 3 is 3.00 bits per heavy atom. The highest BCUT2D eigenvalue weighted by Gasteiger charge is 2.20. The zero-order valence-electron chi connectivity index (χ0n) is 11.1. The standard InChI is InChI=1S/C13H16N4O2S/c1-17-8-13(15-9-17)20(18,19)16-12-6-2-5-11-10(12)4-3-7-14-11/h2,5-6,8-9,14,16H,3-4,7H2,1H3. The summed E-state index contributed by atoms with van der Waals surface area (Å²) < 4.78 is 28.8. The van der Waals surface area contributed by atoms with Gasteiger partial charge in [0.05, 0.1) is 12.0 Å². The molecule has 1 aliphatic heterocycles. The van der Waals surface area contributed by atoms with Crippen molar-refractivity contribution in [3.8, 4) is 0 Å². The van der Waals surface area contributed by atoms with Gasteiger partial charge in [0.25, 0.3) is 10.0 Å². The Labute approximate surface area is 117 Å². The Morgan fingerprint density at radius 2 is 2.25 bits per heavy atom. The van der Waals surface area contributed by atoms with E-state index in [0.29, 0.717) is 5.69 Å². The maximum Gasteiger partial charge on any atom is 0.280 e. The fraction of sp³-hybridized carbons (Fsp3) is 0.308. The van der Waals surface area contributed by atoms with Gasteiger partial charge in [-0.05, 0) is 30.5 Å². The number of nitrogens with one attached hydrogen (secondary N) is 2. The van der Waals surface area contributed by atoms with E-state index < -0.39 is 10.0 Å². The molecule has 0 aliphatic carbocycles. The lowest BCUT2D eigenvalue weighted by Crippen LogP contribution is -2.18. The van der Waals surface area contributed by atoms with Crippen molar-refractivity contribution in [3.05, 3.63) is 36.3 Å². The molecule has 0 spiro atoms. The zero-order chi connectivity index (χ0) is 14.2. The van der Waals surface area contributed by atoms with Gasteiger partial charge in [0.15, 0.2) is 5.03 Å². The number of aromatic nitrogens is 2. The van der Waals surface area contributed by atoms with Crippen LogP contribution in [0.5, 0.6) is 0 Å². The molecule has 1 aromatic heterocycles. The fourth-order valence-corrected chi connectivity index (χ4v) is 3.41. The minimum Gasteiger partial charge on any atom is -0.385 e. The van der Waals surface area contributed by atoms with Crippen molar-refractivity contribution in [3.63, 3.8) is 0 Å². The quantitative estimate of drug-likeness (QED) is 0.900. The van der Waals surface area contributed by atoms with Crippen molar-refractivity contribution in [2.24, 2.45) is 7.05 Å². The number of hydrogen-bond donors (Lipinski definition) is 2. The molecule has 0 radical (unpaired) electrons. The normalized spacial score (nSPS) is 14.4. The number of imidazole rings is 1. The highest BCUT2D eigenvalue weighted by atomic mass is 32.2. The molecule has 2 aromatic rings. The molecule has 1 aromatic carbocycles. The molecular formula is C13H16N4O2S. The van der Waals surface area contributed by atoms with Gasteiger partial charge in [-0.3, -0.25) is 4.72 Å². The van der Waals surface area contributed by atoms with E-state index in [0.717, 1.165) is 30.6 Å². The zero-order valence-corrected chi connectivity index (χ0v) is 11.9. The molecule has 0 amide bonds. The van der Waals surface area contributed by atoms with Crippen molar-refractivity contribution >= 4 is 21.4 Å². The largest absolute Gasteiger partial charge is 0.385 e. The monoisotopic (exact) mass is 292 g/mol. The molecule has 2 N–H and O–H groups in total. The van der Waals surface area contributed by atoms with Crippen LogP contribution in [0.2, 0.25) is 0 Å². The second kappa shape index (κ2) is 4.82. The second-order valence-corrected chi connectivity index (χ2v) is 6.47. The van der Waals surface area contributed by atoms with E-state index in [1.807, 2.05) is 12.1 Å². The molecular weight excluding hydrogens is 276 g/mol. The summed E-state index contributed by atoms with van der Waals surface area (Å²) in [5.41, 5.74) is 2.64. The van der Waals surface area contributed by atoms with E-state index in [4.69, 9.17) is 0 Å². The molecule has 1 aliphatic rings. The van der Waals surface area contributed by atoms with Crippen molar-refractivity contribution in [2.45, 2.75) is 17.9 Å². The number of hydrogen-bond acceptors (Lipinski definition) is 4. The summed E-state index contributed by atoms with van der Waals surface area (Å²) in [6.07, 6.45) is 4.81. The van der Waals surface area contributed by atoms with Crippen LogP contribution in [0, 0.1) is 0 Å². The summed E-state index contributed by atoms with van der Waals surface area (Å²) in [5, 5.41) is 3.31. The number of aryl methyl sites for hydroxylation is 1. The van der Waals surface area contributed by atoms with E-state index >= 15 is 0 Å². The molecule has 0 atom stereocenters. The van der Waals surface area contributed by atoms with Crippen molar-refractivity contribution in [2.75, 3.05) is 16.6 Å². The van der Waals surface area contributed by atoms with Crippen molar-refractivity contribution in [1.29, 1.82) is 0 Å². The topological polar surface area (TPSA) is 76.0 Å². The maximum absolute atomic E-state index is 12.3. The molecule has 7 heteroatoms. The Balaban J connectivity index is 1.95. The lowest BCUT2D eigenvalue weighted by atomic mass is 10.0. The summed E-state index contributed by atoms with van der Waals surface area (Å²) in [4.78, 5) is 3.89. The number of benzene rings is 1. The lowest BCUT2D eigenvalue weighted by molar-refractivity contribution is 0.598. The Hall–Kier alpha value is -2.02. The smallest absolute Gasteiger partial charge is 0.280 e. The van der Waals surface area contributed by atoms with Crippen LogP contribution in [0.1, 0.15) is 12.0 Å². The van der Waals surface area contributed by atoms with Crippen LogP contribution in [0.25, 0.3) is 0 Å². The van der Waals surface area contributed by atoms with Gasteiger partial charge in [-0.1, -0.05) is 6.07 Å². The molecule has 0 unspecified atom stereocenters. The number of anilines is 2. The second-order valence-electron chi connectivity index (χ2n) is 4.84. The van der Waals surface area contributed by atoms with Gasteiger partial charge >= 0.3 is 0 Å². The van der Waals surface area contributed by atoms with Crippen molar-refractivity contribution < 1.29 is 8.42 Å². The van der Waals surface area contributed by atoms with Crippen LogP contribution in [0.4, 0.5) is 11.4 Å². The Kier molecular flexibility index (Phi) is 3.13. The number of rotatable bonds is 3. The third-order valence-electron chi connectivity index (χ3n) is 3.30. The SMILES string of the molecule is Cn1cnc(S(=O)(=O)Nc2cccc3c2CCCN3)c1. The van der Waals surface area contributed by atoms with Gasteiger partial charge in [-0.2, -0.15) is 8.42 Å². The molecule has 3 rings (SSSR count). The lowest BCUT2D eigenvalue weighted by Gasteiger charge is -2.21. The average molecular weight is 292 g/mol. The van der Waals surface area contributed by atoms with Gasteiger partial charge in [-0.15, -0.1) is 0 Å². The van der Waals surface area contributed by atoms with Crippen molar-refractivity contribution in [1.82, 2.24) is 9.55 Å². The van der Waals surface area contributed by atoms with Crippen LogP contribution in [0.3, 0.4) is 0 Å². The molecule has 20 heavy (non-hydrogen) atoms. The van der Waals surface area contributed by atoms with Gasteiger partial charge in [0.2, 0.25) is 0 Å². The van der Waals surface area contributed by atoms with Crippen LogP contribution in [-0.4, -0.2) is 24.5 Å². The van der Waals surface area contributed by atoms with Gasteiger partial charge in [0.1, 0.15) is 0 Å². The summed E-state index contributed by atoms with van der Waals surface area (Å²) in [6, 6.07) is 5.59. The predicted molar refractivity (Wildman–Crippen MR) is 77.3 cm³/mol. The predicted octanol–water partition coefficient (Wildman–Crippen LogP) is 1.58. The van der Waals surface area contributed by atoms with Crippen LogP contribution < -0.4 is 10.0 Å². The first-order valence-corrected chi connectivity index (χ1v) is 7.91. The van der Waals surface area contributed by atoms with Crippen LogP contribution in [0.15, 0.2) is 35.7 Å². The summed E-state index contributed by atoms with van der Waals surface area (Å²) in [5.74, 6) is 0. The number of sulfonamides is 1. The summed E-state index contributed by atoms with van der Waals surface area (Å²) in [6.45, 7) is 0.920. The molecule has 0 bridgehead atoms. The van der Waals surface area contributed by atoms with E-state index in [1.54, 1.807) is 17.7 Å².